The quantitative estimate of drug-likeness (QED) is 0.101. The summed E-state index contributed by atoms with van der Waals surface area (Å²) < 4.78 is 4.86. The van der Waals surface area contributed by atoms with Crippen LogP contribution in [0.15, 0.2) is 0 Å². The molecule has 0 rings (SSSR count). The molecule has 0 fully saturated rings. The number of unbranched alkanes of at least 4 members (excludes halogenated alkanes) is 4. The van der Waals surface area contributed by atoms with Gasteiger partial charge in [-0.1, -0.05) is 12.8 Å². The molecule has 0 heterocycles. The van der Waals surface area contributed by atoms with E-state index in [0.29, 0.717) is 26.2 Å². The van der Waals surface area contributed by atoms with Gasteiger partial charge in [0.1, 0.15) is 0 Å². The third-order valence-electron chi connectivity index (χ3n) is 3.68. The van der Waals surface area contributed by atoms with Gasteiger partial charge < -0.3 is 37.5 Å². The van der Waals surface area contributed by atoms with Crippen molar-refractivity contribution >= 4 is 18.0 Å². The van der Waals surface area contributed by atoms with Crippen molar-refractivity contribution in [3.05, 3.63) is 0 Å². The fraction of sp³-hybridized carbons (Fsp3) is 0.824. The van der Waals surface area contributed by atoms with E-state index in [1.165, 1.54) is 0 Å². The van der Waals surface area contributed by atoms with Crippen molar-refractivity contribution in [3.63, 3.8) is 0 Å². The van der Waals surface area contributed by atoms with Crippen molar-refractivity contribution in [1.29, 1.82) is 5.41 Å². The molecule has 10 nitrogen and oxygen atoms in total. The average molecular weight is 388 g/mol. The summed E-state index contributed by atoms with van der Waals surface area (Å²) in [5.74, 6) is -0.311. The fourth-order valence-corrected chi connectivity index (χ4v) is 2.21. The van der Waals surface area contributed by atoms with Gasteiger partial charge in [-0.15, -0.1) is 0 Å². The highest BCUT2D eigenvalue weighted by Gasteiger charge is 2.06. The normalized spacial score (nSPS) is 10.3. The smallest absolute Gasteiger partial charge is 0.407 e. The van der Waals surface area contributed by atoms with E-state index in [-0.39, 0.29) is 18.5 Å². The molecule has 10 heteroatoms. The van der Waals surface area contributed by atoms with E-state index in [1.807, 2.05) is 0 Å². The molecule has 158 valence electrons. The van der Waals surface area contributed by atoms with E-state index < -0.39 is 6.09 Å². The minimum Gasteiger partial charge on any atom is -0.439 e. The van der Waals surface area contributed by atoms with Crippen molar-refractivity contribution in [2.24, 2.45) is 11.5 Å². The molecular weight excluding hydrogens is 350 g/mol. The Kier molecular flexibility index (Phi) is 17.3. The van der Waals surface area contributed by atoms with E-state index in [1.54, 1.807) is 0 Å². The van der Waals surface area contributed by atoms with Crippen molar-refractivity contribution in [2.45, 2.75) is 44.9 Å². The summed E-state index contributed by atoms with van der Waals surface area (Å²) in [5.41, 5.74) is 10.6. The Morgan fingerprint density at radius 1 is 0.778 bits per heavy atom. The van der Waals surface area contributed by atoms with Crippen molar-refractivity contribution in [2.75, 3.05) is 45.9 Å². The zero-order valence-electron chi connectivity index (χ0n) is 16.3. The predicted molar refractivity (Wildman–Crippen MR) is 107 cm³/mol. The van der Waals surface area contributed by atoms with Gasteiger partial charge in [-0.2, -0.15) is 0 Å². The Morgan fingerprint density at radius 2 is 1.33 bits per heavy atom. The number of rotatable bonds is 17. The summed E-state index contributed by atoms with van der Waals surface area (Å²) in [4.78, 5) is 23.1. The lowest BCUT2D eigenvalue weighted by molar-refractivity contribution is -0.123. The van der Waals surface area contributed by atoms with Crippen molar-refractivity contribution in [3.8, 4) is 0 Å². The van der Waals surface area contributed by atoms with Crippen LogP contribution in [0.1, 0.15) is 44.9 Å². The van der Waals surface area contributed by atoms with Gasteiger partial charge in [0.05, 0.1) is 0 Å². The van der Waals surface area contributed by atoms with Gasteiger partial charge in [0, 0.05) is 19.6 Å². The molecule has 0 aliphatic rings. The molecule has 0 spiro atoms. The molecule has 0 saturated carbocycles. The molecule has 0 radical (unpaired) electrons. The van der Waals surface area contributed by atoms with Crippen molar-refractivity contribution < 1.29 is 14.3 Å². The molecule has 9 N–H and O–H groups in total. The second-order valence-electron chi connectivity index (χ2n) is 6.21. The Hall–Kier alpha value is -2.07. The number of carbonyl (C=O) groups excluding carboxylic acids is 2. The van der Waals surface area contributed by atoms with Crippen LogP contribution in [0.4, 0.5) is 4.79 Å². The Labute approximate surface area is 162 Å². The Bertz CT molecular complexity index is 408. The molecule has 0 bridgehead atoms. The third-order valence-corrected chi connectivity index (χ3v) is 3.68. The summed E-state index contributed by atoms with van der Waals surface area (Å²) in [6, 6.07) is 0. The Balaban J connectivity index is 3.36. The molecule has 0 aromatic heterocycles. The van der Waals surface area contributed by atoms with Crippen LogP contribution in [0.3, 0.4) is 0 Å². The molecule has 0 aliphatic carbocycles. The number of hydrogen-bond acceptors (Lipinski definition) is 6. The summed E-state index contributed by atoms with van der Waals surface area (Å²) in [5, 5.41) is 18.4. The molecule has 0 aromatic rings. The number of guanidine groups is 1. The van der Waals surface area contributed by atoms with E-state index in [4.69, 9.17) is 21.6 Å². The van der Waals surface area contributed by atoms with Gasteiger partial charge in [0.25, 0.3) is 5.91 Å². The monoisotopic (exact) mass is 387 g/mol. The zero-order valence-corrected chi connectivity index (χ0v) is 16.3. The number of ether oxygens (including phenoxy) is 1. The number of carbonyl (C=O) groups is 2. The first-order valence-corrected chi connectivity index (χ1v) is 9.72. The maximum atomic E-state index is 11.6. The summed E-state index contributed by atoms with van der Waals surface area (Å²) in [7, 11) is 0. The number of hydrogen-bond donors (Lipinski definition) is 7. The van der Waals surface area contributed by atoms with Crippen LogP contribution >= 0.6 is 0 Å². The highest BCUT2D eigenvalue weighted by molar-refractivity contribution is 5.79. The lowest BCUT2D eigenvalue weighted by atomic mass is 10.2. The lowest BCUT2D eigenvalue weighted by Crippen LogP contribution is -2.33. The van der Waals surface area contributed by atoms with Crippen LogP contribution in [0, 0.1) is 5.41 Å². The molecule has 0 saturated heterocycles. The molecule has 2 amide bonds. The minimum atomic E-state index is -0.570. The summed E-state index contributed by atoms with van der Waals surface area (Å²) >= 11 is 0. The third kappa shape index (κ3) is 20.1. The maximum absolute atomic E-state index is 11.6. The topological polar surface area (TPSA) is 167 Å². The van der Waals surface area contributed by atoms with Crippen LogP contribution < -0.4 is 32.7 Å². The summed E-state index contributed by atoms with van der Waals surface area (Å²) in [6.45, 7) is 4.00. The molecule has 0 aromatic carbocycles. The molecule has 27 heavy (non-hydrogen) atoms. The number of nitrogens with one attached hydrogen (secondary N) is 5. The highest BCUT2D eigenvalue weighted by Crippen LogP contribution is 1.97. The van der Waals surface area contributed by atoms with Crippen LogP contribution in [0.2, 0.25) is 0 Å². The van der Waals surface area contributed by atoms with Gasteiger partial charge in [-0.05, 0) is 51.7 Å². The van der Waals surface area contributed by atoms with Gasteiger partial charge in [-0.3, -0.25) is 10.2 Å². The number of alkyl carbamates (subject to hydrolysis) is 1. The van der Waals surface area contributed by atoms with Crippen LogP contribution in [0.25, 0.3) is 0 Å². The van der Waals surface area contributed by atoms with E-state index in [9.17, 15) is 9.59 Å². The van der Waals surface area contributed by atoms with Gasteiger partial charge in [0.15, 0.2) is 12.6 Å². The lowest BCUT2D eigenvalue weighted by Gasteiger charge is -2.08. The van der Waals surface area contributed by atoms with Gasteiger partial charge >= 0.3 is 6.09 Å². The second kappa shape index (κ2) is 18.7. The SMILES string of the molecule is N=C(N)NCCCCCCNC(=O)COC(=O)NCCCCNCCCN. The summed E-state index contributed by atoms with van der Waals surface area (Å²) in [6.07, 6.45) is 5.96. The fourth-order valence-electron chi connectivity index (χ4n) is 2.21. The largest absolute Gasteiger partial charge is 0.439 e. The number of amides is 2. The predicted octanol–water partition coefficient (Wildman–Crippen LogP) is -0.409. The highest BCUT2D eigenvalue weighted by atomic mass is 16.6. The van der Waals surface area contributed by atoms with Gasteiger partial charge in [0.2, 0.25) is 0 Å². The van der Waals surface area contributed by atoms with Crippen LogP contribution in [-0.4, -0.2) is 63.8 Å². The standard InChI is InChI=1S/C17H37N7O3/c18-8-7-10-21-9-5-6-13-24-17(26)27-14-15(25)22-11-3-1-2-4-12-23-16(19)20/h21H,1-14,18H2,(H,22,25)(H,24,26)(H4,19,20,23). The van der Waals surface area contributed by atoms with Crippen molar-refractivity contribution in [1.82, 2.24) is 21.3 Å². The molecule has 0 aliphatic heterocycles. The van der Waals surface area contributed by atoms with Crippen LogP contribution in [0.5, 0.6) is 0 Å². The molecule has 0 unspecified atom stereocenters. The molecule has 0 atom stereocenters. The zero-order chi connectivity index (χ0) is 20.2. The van der Waals surface area contributed by atoms with Gasteiger partial charge in [-0.25, -0.2) is 4.79 Å². The Morgan fingerprint density at radius 3 is 2.00 bits per heavy atom. The maximum Gasteiger partial charge on any atom is 0.407 e. The van der Waals surface area contributed by atoms with E-state index >= 15 is 0 Å². The first kappa shape index (κ1) is 24.9. The van der Waals surface area contributed by atoms with E-state index in [0.717, 1.165) is 58.0 Å². The first-order valence-electron chi connectivity index (χ1n) is 9.72. The minimum absolute atomic E-state index is 0.0124. The first-order chi connectivity index (χ1) is 13.1. The van der Waals surface area contributed by atoms with Crippen LogP contribution in [-0.2, 0) is 9.53 Å². The second-order valence-corrected chi connectivity index (χ2v) is 6.21. The number of nitrogens with two attached hydrogens (primary N) is 2. The van der Waals surface area contributed by atoms with E-state index in [2.05, 4.69) is 21.3 Å². The molecular formula is C17H37N7O3. The average Bonchev–Trinajstić information content (AvgIpc) is 2.64.